The fourth-order valence-electron chi connectivity index (χ4n) is 3.02. The third-order valence-electron chi connectivity index (χ3n) is 4.36. The number of carbonyl (C=O) groups is 3. The molecule has 1 fully saturated rings. The van der Waals surface area contributed by atoms with Crippen molar-refractivity contribution < 1.29 is 27.9 Å². The molecule has 1 aliphatic rings. The van der Waals surface area contributed by atoms with Crippen LogP contribution in [0, 0.1) is 5.92 Å². The second-order valence-electron chi connectivity index (χ2n) is 7.90. The molecule has 0 saturated heterocycles. The summed E-state index contributed by atoms with van der Waals surface area (Å²) in [6.45, 7) is 5.03. The number of amides is 2. The highest BCUT2D eigenvalue weighted by Crippen LogP contribution is 2.37. The van der Waals surface area contributed by atoms with Gasteiger partial charge in [-0.2, -0.15) is 0 Å². The molecule has 2 rings (SSSR count). The number of nitrogens with zero attached hydrogens (tertiary/aromatic N) is 1. The van der Waals surface area contributed by atoms with E-state index in [1.165, 1.54) is 18.3 Å². The minimum Gasteiger partial charge on any atom is -0.444 e. The van der Waals surface area contributed by atoms with E-state index >= 15 is 0 Å². The van der Waals surface area contributed by atoms with E-state index in [-0.39, 0.29) is 31.5 Å². The molecular weight excluding hydrogens is 372 g/mol. The van der Waals surface area contributed by atoms with Crippen LogP contribution < -0.4 is 10.6 Å². The quantitative estimate of drug-likeness (QED) is 0.741. The zero-order valence-corrected chi connectivity index (χ0v) is 16.1. The first-order valence-electron chi connectivity index (χ1n) is 9.08. The second-order valence-corrected chi connectivity index (χ2v) is 7.90. The van der Waals surface area contributed by atoms with Gasteiger partial charge in [-0.25, -0.2) is 18.6 Å². The predicted octanol–water partition coefficient (Wildman–Crippen LogP) is 3.55. The Hall–Kier alpha value is -2.58. The molecule has 9 heteroatoms. The van der Waals surface area contributed by atoms with E-state index in [0.717, 1.165) is 0 Å². The molecule has 1 saturated carbocycles. The third kappa shape index (κ3) is 6.54. The summed E-state index contributed by atoms with van der Waals surface area (Å²) in [5.41, 5.74) is -0.455. The molecule has 2 N–H and O–H groups in total. The SMILES string of the molecule is CC(C)(C)OC(=O)N[C@H](C(=O)Nc1cc(C=O)ccn1)C1CCC(F)(F)CC1. The first-order chi connectivity index (χ1) is 13.0. The minimum absolute atomic E-state index is 0.0860. The maximum Gasteiger partial charge on any atom is 0.408 e. The van der Waals surface area contributed by atoms with Gasteiger partial charge in [0.2, 0.25) is 11.8 Å². The fraction of sp³-hybridized carbons (Fsp3) is 0.579. The van der Waals surface area contributed by atoms with Gasteiger partial charge in [0, 0.05) is 24.6 Å². The summed E-state index contributed by atoms with van der Waals surface area (Å²) >= 11 is 0. The highest BCUT2D eigenvalue weighted by Gasteiger charge is 2.40. The van der Waals surface area contributed by atoms with E-state index in [1.807, 2.05) is 0 Å². The number of hydrogen-bond acceptors (Lipinski definition) is 5. The van der Waals surface area contributed by atoms with Gasteiger partial charge in [0.1, 0.15) is 23.7 Å². The van der Waals surface area contributed by atoms with Gasteiger partial charge >= 0.3 is 6.09 Å². The molecule has 0 radical (unpaired) electrons. The van der Waals surface area contributed by atoms with Crippen molar-refractivity contribution in [2.24, 2.45) is 5.92 Å². The summed E-state index contributed by atoms with van der Waals surface area (Å²) in [5.74, 6) is -3.70. The van der Waals surface area contributed by atoms with E-state index < -0.39 is 35.5 Å². The minimum atomic E-state index is -2.76. The maximum absolute atomic E-state index is 13.5. The van der Waals surface area contributed by atoms with Gasteiger partial charge in [-0.1, -0.05) is 0 Å². The number of halogens is 2. The Labute approximate surface area is 162 Å². The highest BCUT2D eigenvalue weighted by molar-refractivity contribution is 5.96. The van der Waals surface area contributed by atoms with Crippen LogP contribution in [-0.2, 0) is 9.53 Å². The summed E-state index contributed by atoms with van der Waals surface area (Å²) in [6, 6.07) is 1.79. The molecule has 0 unspecified atom stereocenters. The number of rotatable bonds is 5. The molecule has 1 aliphatic carbocycles. The zero-order chi connectivity index (χ0) is 20.9. The molecule has 0 aromatic carbocycles. The lowest BCUT2D eigenvalue weighted by atomic mass is 9.81. The number of alkyl halides is 2. The molecule has 154 valence electrons. The number of hydrogen-bond donors (Lipinski definition) is 2. The van der Waals surface area contributed by atoms with Gasteiger partial charge in [0.15, 0.2) is 0 Å². The molecule has 28 heavy (non-hydrogen) atoms. The van der Waals surface area contributed by atoms with Crippen molar-refractivity contribution in [3.8, 4) is 0 Å². The molecule has 1 aromatic rings. The van der Waals surface area contributed by atoms with Crippen molar-refractivity contribution in [1.29, 1.82) is 0 Å². The first kappa shape index (κ1) is 21.7. The highest BCUT2D eigenvalue weighted by atomic mass is 19.3. The number of nitrogens with one attached hydrogen (secondary N) is 2. The van der Waals surface area contributed by atoms with Crippen LogP contribution in [0.15, 0.2) is 18.3 Å². The monoisotopic (exact) mass is 397 g/mol. The van der Waals surface area contributed by atoms with Crippen LogP contribution in [0.25, 0.3) is 0 Å². The van der Waals surface area contributed by atoms with Crippen LogP contribution in [0.5, 0.6) is 0 Å². The number of carbonyl (C=O) groups excluding carboxylic acids is 3. The van der Waals surface area contributed by atoms with Crippen molar-refractivity contribution in [1.82, 2.24) is 10.3 Å². The van der Waals surface area contributed by atoms with E-state index in [1.54, 1.807) is 20.8 Å². The summed E-state index contributed by atoms with van der Waals surface area (Å²) in [6.07, 6.45) is 0.630. The second kappa shape index (κ2) is 8.62. The third-order valence-corrected chi connectivity index (χ3v) is 4.36. The van der Waals surface area contributed by atoms with Crippen LogP contribution in [0.1, 0.15) is 56.8 Å². The van der Waals surface area contributed by atoms with Gasteiger partial charge in [-0.05, 0) is 51.7 Å². The Kier molecular flexibility index (Phi) is 6.69. The number of aldehydes is 1. The summed E-state index contributed by atoms with van der Waals surface area (Å²) in [7, 11) is 0. The Bertz CT molecular complexity index is 724. The average Bonchev–Trinajstić information content (AvgIpc) is 2.58. The molecule has 0 aliphatic heterocycles. The van der Waals surface area contributed by atoms with Gasteiger partial charge < -0.3 is 15.4 Å². The van der Waals surface area contributed by atoms with E-state index in [9.17, 15) is 23.2 Å². The van der Waals surface area contributed by atoms with Gasteiger partial charge in [-0.15, -0.1) is 0 Å². The zero-order valence-electron chi connectivity index (χ0n) is 16.1. The van der Waals surface area contributed by atoms with E-state index in [0.29, 0.717) is 11.8 Å². The lowest BCUT2D eigenvalue weighted by Crippen LogP contribution is -2.51. The summed E-state index contributed by atoms with van der Waals surface area (Å²) in [5, 5.41) is 5.04. The number of pyridine rings is 1. The normalized spacial score (nSPS) is 18.0. The Morgan fingerprint density at radius 1 is 1.32 bits per heavy atom. The molecule has 1 atom stereocenters. The van der Waals surface area contributed by atoms with Crippen molar-refractivity contribution in [3.05, 3.63) is 23.9 Å². The predicted molar refractivity (Wildman–Crippen MR) is 98.3 cm³/mol. The Morgan fingerprint density at radius 2 is 1.96 bits per heavy atom. The van der Waals surface area contributed by atoms with E-state index in [2.05, 4.69) is 15.6 Å². The largest absolute Gasteiger partial charge is 0.444 e. The molecule has 1 heterocycles. The summed E-state index contributed by atoms with van der Waals surface area (Å²) < 4.78 is 32.2. The topological polar surface area (TPSA) is 97.4 Å². The van der Waals surface area contributed by atoms with Crippen molar-refractivity contribution in [2.75, 3.05) is 5.32 Å². The van der Waals surface area contributed by atoms with Gasteiger partial charge in [0.05, 0.1) is 0 Å². The average molecular weight is 397 g/mol. The molecule has 0 bridgehead atoms. The lowest BCUT2D eigenvalue weighted by Gasteiger charge is -2.33. The number of alkyl carbamates (subject to hydrolysis) is 1. The Morgan fingerprint density at radius 3 is 2.54 bits per heavy atom. The number of anilines is 1. The van der Waals surface area contributed by atoms with Gasteiger partial charge in [0.25, 0.3) is 0 Å². The smallest absolute Gasteiger partial charge is 0.408 e. The maximum atomic E-state index is 13.5. The van der Waals surface area contributed by atoms with Crippen molar-refractivity contribution in [3.63, 3.8) is 0 Å². The van der Waals surface area contributed by atoms with Crippen LogP contribution >= 0.6 is 0 Å². The van der Waals surface area contributed by atoms with E-state index in [4.69, 9.17) is 4.74 Å². The van der Waals surface area contributed by atoms with Crippen LogP contribution in [0.4, 0.5) is 19.4 Å². The fourth-order valence-corrected chi connectivity index (χ4v) is 3.02. The molecule has 0 spiro atoms. The number of aromatic nitrogens is 1. The van der Waals surface area contributed by atoms with Gasteiger partial charge in [-0.3, -0.25) is 9.59 Å². The standard InChI is InChI=1S/C19H25F2N3O4/c1-18(2,3)28-17(27)24-15(13-4-7-19(20,21)8-5-13)16(26)23-14-10-12(11-25)6-9-22-14/h6,9-11,13,15H,4-5,7-8H2,1-3H3,(H,24,27)(H,22,23,26)/t15-/m0/s1. The van der Waals surface area contributed by atoms with Crippen molar-refractivity contribution >= 4 is 24.1 Å². The summed E-state index contributed by atoms with van der Waals surface area (Å²) in [4.78, 5) is 39.8. The Balaban J connectivity index is 2.15. The lowest BCUT2D eigenvalue weighted by molar-refractivity contribution is -0.121. The first-order valence-corrected chi connectivity index (χ1v) is 9.08. The molecule has 7 nitrogen and oxygen atoms in total. The molecule has 1 aromatic heterocycles. The van der Waals surface area contributed by atoms with Crippen LogP contribution in [0.2, 0.25) is 0 Å². The van der Waals surface area contributed by atoms with Crippen LogP contribution in [-0.4, -0.2) is 40.8 Å². The van der Waals surface area contributed by atoms with Crippen LogP contribution in [0.3, 0.4) is 0 Å². The number of ether oxygens (including phenoxy) is 1. The molecular formula is C19H25F2N3O4. The molecule has 2 amide bonds. The van der Waals surface area contributed by atoms with Crippen molar-refractivity contribution in [2.45, 2.75) is 64.0 Å².